The third kappa shape index (κ3) is 3.15. The number of aliphatic carboxylic acids is 1. The highest BCUT2D eigenvalue weighted by atomic mass is 19.2. The normalized spacial score (nSPS) is 23.4. The maximum Gasteiger partial charge on any atom is 0.309 e. The van der Waals surface area contributed by atoms with E-state index in [1.165, 1.54) is 6.07 Å². The number of hydrogen-bond acceptors (Lipinski definition) is 3. The number of benzene rings is 2. The molecule has 176 valence electrons. The Balaban J connectivity index is 1.65. The summed E-state index contributed by atoms with van der Waals surface area (Å²) < 4.78 is 35.9. The Morgan fingerprint density at radius 3 is 2.62 bits per heavy atom. The minimum Gasteiger partial charge on any atom is -0.481 e. The second-order valence-electron chi connectivity index (χ2n) is 9.92. The maximum absolute atomic E-state index is 14.4. The molecule has 0 amide bonds. The molecule has 0 spiro atoms. The highest BCUT2D eigenvalue weighted by Gasteiger charge is 2.49. The van der Waals surface area contributed by atoms with Gasteiger partial charge in [0, 0.05) is 47.4 Å². The first-order chi connectivity index (χ1) is 16.4. The number of aromatic nitrogens is 3. The summed E-state index contributed by atoms with van der Waals surface area (Å²) in [4.78, 5) is 11.9. The van der Waals surface area contributed by atoms with Gasteiger partial charge in [-0.15, -0.1) is 0 Å². The summed E-state index contributed by atoms with van der Waals surface area (Å²) >= 11 is 0. The Labute approximate surface area is 194 Å². The van der Waals surface area contributed by atoms with Gasteiger partial charge in [0.05, 0.1) is 22.6 Å². The zero-order chi connectivity index (χ0) is 23.6. The number of carbonyl (C=O) groups is 1. The lowest BCUT2D eigenvalue weighted by atomic mass is 9.60. The molecule has 2 fully saturated rings. The number of fused-ring (bicyclic) bond motifs is 2. The van der Waals surface area contributed by atoms with Gasteiger partial charge in [-0.3, -0.25) is 9.89 Å². The summed E-state index contributed by atoms with van der Waals surface area (Å²) in [7, 11) is 0. The highest BCUT2D eigenvalue weighted by molar-refractivity contribution is 5.99. The van der Waals surface area contributed by atoms with Crippen LogP contribution in [0.5, 0.6) is 0 Å². The van der Waals surface area contributed by atoms with Gasteiger partial charge in [-0.25, -0.2) is 8.78 Å². The lowest BCUT2D eigenvalue weighted by Gasteiger charge is -2.43. The van der Waals surface area contributed by atoms with Crippen molar-refractivity contribution in [2.45, 2.75) is 44.4 Å². The molecule has 1 aliphatic heterocycles. The third-order valence-electron chi connectivity index (χ3n) is 7.69. The standard InChI is InChI=1S/C26H25F2N3O3/c1-26(25(32)33)11-16(12-26)23-18-10-21-15(13-29-30-21)8-22(18)31(17-2-3-19(27)20(28)9-17)24(23)14-4-6-34-7-5-14/h2-3,8-10,13-14,16H,4-7,11-12H2,1H3,(H,29,30)(H,32,33)/t16-,26-. The average Bonchev–Trinajstić information content (AvgIpc) is 3.39. The molecule has 3 heterocycles. The Hall–Kier alpha value is -3.26. The molecule has 6 rings (SSSR count). The molecule has 0 atom stereocenters. The van der Waals surface area contributed by atoms with Crippen molar-refractivity contribution in [2.75, 3.05) is 13.2 Å². The van der Waals surface area contributed by atoms with Crippen LogP contribution in [-0.2, 0) is 9.53 Å². The van der Waals surface area contributed by atoms with Gasteiger partial charge in [0.1, 0.15) is 0 Å². The second-order valence-corrected chi connectivity index (χ2v) is 9.92. The van der Waals surface area contributed by atoms with E-state index in [1.807, 2.05) is 10.6 Å². The second kappa shape index (κ2) is 7.63. The van der Waals surface area contributed by atoms with E-state index in [0.717, 1.165) is 52.0 Å². The molecule has 0 radical (unpaired) electrons. The van der Waals surface area contributed by atoms with Gasteiger partial charge in [-0.05, 0) is 68.4 Å². The number of carboxylic acids is 1. The van der Waals surface area contributed by atoms with E-state index in [2.05, 4.69) is 16.3 Å². The number of ether oxygens (including phenoxy) is 1. The number of halogens is 2. The van der Waals surface area contributed by atoms with Crippen molar-refractivity contribution < 1.29 is 23.4 Å². The van der Waals surface area contributed by atoms with E-state index in [4.69, 9.17) is 4.74 Å². The van der Waals surface area contributed by atoms with Gasteiger partial charge < -0.3 is 14.4 Å². The summed E-state index contributed by atoms with van der Waals surface area (Å²) in [5.74, 6) is -2.34. The molecule has 2 aromatic carbocycles. The number of rotatable bonds is 4. The Kier molecular flexibility index (Phi) is 4.78. The van der Waals surface area contributed by atoms with Gasteiger partial charge in [0.25, 0.3) is 0 Å². The molecule has 8 heteroatoms. The fourth-order valence-corrected chi connectivity index (χ4v) is 5.88. The Morgan fingerprint density at radius 2 is 1.91 bits per heavy atom. The van der Waals surface area contributed by atoms with Gasteiger partial charge in [-0.1, -0.05) is 0 Å². The van der Waals surface area contributed by atoms with Crippen molar-refractivity contribution in [1.29, 1.82) is 0 Å². The van der Waals surface area contributed by atoms with Crippen LogP contribution in [0.25, 0.3) is 27.5 Å². The first kappa shape index (κ1) is 21.3. The molecule has 2 aromatic heterocycles. The topological polar surface area (TPSA) is 80.1 Å². The Bertz CT molecular complexity index is 1430. The molecule has 2 N–H and O–H groups in total. The number of nitrogens with one attached hydrogen (secondary N) is 1. The minimum atomic E-state index is -0.898. The van der Waals surface area contributed by atoms with Crippen LogP contribution in [0.4, 0.5) is 8.78 Å². The van der Waals surface area contributed by atoms with E-state index in [9.17, 15) is 18.7 Å². The first-order valence-corrected chi connectivity index (χ1v) is 11.6. The van der Waals surface area contributed by atoms with Crippen LogP contribution in [0.15, 0.2) is 36.5 Å². The van der Waals surface area contributed by atoms with Crippen LogP contribution in [-0.4, -0.2) is 39.1 Å². The van der Waals surface area contributed by atoms with Crippen LogP contribution >= 0.6 is 0 Å². The predicted molar refractivity (Wildman–Crippen MR) is 123 cm³/mol. The third-order valence-corrected chi connectivity index (χ3v) is 7.69. The van der Waals surface area contributed by atoms with Crippen LogP contribution in [0.3, 0.4) is 0 Å². The van der Waals surface area contributed by atoms with E-state index < -0.39 is 23.0 Å². The van der Waals surface area contributed by atoms with E-state index in [-0.39, 0.29) is 11.8 Å². The van der Waals surface area contributed by atoms with Gasteiger partial charge in [0.15, 0.2) is 11.6 Å². The van der Waals surface area contributed by atoms with Crippen molar-refractivity contribution in [3.63, 3.8) is 0 Å². The fourth-order valence-electron chi connectivity index (χ4n) is 5.88. The lowest BCUT2D eigenvalue weighted by molar-refractivity contribution is -0.154. The molecule has 0 unspecified atom stereocenters. The van der Waals surface area contributed by atoms with Crippen LogP contribution < -0.4 is 0 Å². The molecule has 34 heavy (non-hydrogen) atoms. The van der Waals surface area contributed by atoms with Crippen LogP contribution in [0.1, 0.15) is 55.7 Å². The van der Waals surface area contributed by atoms with E-state index >= 15 is 0 Å². The van der Waals surface area contributed by atoms with Crippen molar-refractivity contribution in [3.8, 4) is 5.69 Å². The van der Waals surface area contributed by atoms with Crippen LogP contribution in [0.2, 0.25) is 0 Å². The molecule has 0 bridgehead atoms. The van der Waals surface area contributed by atoms with Crippen molar-refractivity contribution in [1.82, 2.24) is 14.8 Å². The molecular weight excluding hydrogens is 440 g/mol. The molecule has 2 aliphatic rings. The molecular formula is C26H25F2N3O3. The number of nitrogens with zero attached hydrogens (tertiary/aromatic N) is 2. The molecule has 6 nitrogen and oxygen atoms in total. The quantitative estimate of drug-likeness (QED) is 0.408. The van der Waals surface area contributed by atoms with Crippen molar-refractivity contribution in [3.05, 3.63) is 59.4 Å². The zero-order valence-electron chi connectivity index (χ0n) is 18.8. The zero-order valence-corrected chi connectivity index (χ0v) is 18.8. The summed E-state index contributed by atoms with van der Waals surface area (Å²) in [5, 5.41) is 18.8. The van der Waals surface area contributed by atoms with Crippen LogP contribution in [0, 0.1) is 17.0 Å². The van der Waals surface area contributed by atoms with Gasteiger partial charge in [0.2, 0.25) is 0 Å². The highest BCUT2D eigenvalue weighted by Crippen LogP contribution is 2.55. The number of hydrogen-bond donors (Lipinski definition) is 2. The average molecular weight is 466 g/mol. The number of H-pyrrole nitrogens is 1. The molecule has 1 aliphatic carbocycles. The largest absolute Gasteiger partial charge is 0.481 e. The lowest BCUT2D eigenvalue weighted by Crippen LogP contribution is -2.40. The van der Waals surface area contributed by atoms with E-state index in [1.54, 1.807) is 19.2 Å². The minimum absolute atomic E-state index is 0.0633. The molecule has 1 saturated carbocycles. The molecule has 1 saturated heterocycles. The summed E-state index contributed by atoms with van der Waals surface area (Å²) in [6.07, 6.45) is 4.45. The number of aromatic amines is 1. The van der Waals surface area contributed by atoms with Crippen molar-refractivity contribution >= 4 is 27.8 Å². The van der Waals surface area contributed by atoms with E-state index in [0.29, 0.717) is 31.7 Å². The SMILES string of the molecule is C[C@]1(C(=O)O)C[C@H](c2c(C3CCOCC3)n(-c3ccc(F)c(F)c3)c3cc4cn[nH]c4cc32)C1. The predicted octanol–water partition coefficient (Wildman–Crippen LogP) is 5.65. The number of carboxylic acid groups (broad SMARTS) is 1. The summed E-state index contributed by atoms with van der Waals surface area (Å²) in [5.41, 5.74) is 3.74. The Morgan fingerprint density at radius 1 is 1.15 bits per heavy atom. The van der Waals surface area contributed by atoms with Gasteiger partial charge in [-0.2, -0.15) is 5.10 Å². The first-order valence-electron chi connectivity index (χ1n) is 11.6. The summed E-state index contributed by atoms with van der Waals surface area (Å²) in [6.45, 7) is 3.05. The molecule has 4 aromatic rings. The fraction of sp³-hybridized carbons (Fsp3) is 0.385. The van der Waals surface area contributed by atoms with Gasteiger partial charge >= 0.3 is 5.97 Å². The maximum atomic E-state index is 14.4. The van der Waals surface area contributed by atoms with Crippen molar-refractivity contribution in [2.24, 2.45) is 5.41 Å². The smallest absolute Gasteiger partial charge is 0.309 e. The monoisotopic (exact) mass is 465 g/mol. The summed E-state index contributed by atoms with van der Waals surface area (Å²) in [6, 6.07) is 8.08.